The fraction of sp³-hybridized carbons (Fsp3) is 0.391. The third-order valence-corrected chi connectivity index (χ3v) is 4.99. The van der Waals surface area contributed by atoms with E-state index in [4.69, 9.17) is 21.1 Å². The molecule has 3 rings (SSSR count). The third-order valence-electron chi connectivity index (χ3n) is 4.71. The van der Waals surface area contributed by atoms with E-state index in [2.05, 4.69) is 15.6 Å². The highest BCUT2D eigenvalue weighted by molar-refractivity contribution is 14.0. The summed E-state index contributed by atoms with van der Waals surface area (Å²) < 4.78 is 11.2. The number of hydrogen-bond acceptors (Lipinski definition) is 4. The van der Waals surface area contributed by atoms with E-state index < -0.39 is 0 Å². The highest BCUT2D eigenvalue weighted by Gasteiger charge is 2.16. The first-order valence-corrected chi connectivity index (χ1v) is 10.8. The van der Waals surface area contributed by atoms with Crippen LogP contribution in [-0.2, 0) is 13.0 Å². The van der Waals surface area contributed by atoms with Crippen LogP contribution >= 0.6 is 35.6 Å². The molecule has 0 spiro atoms. The van der Waals surface area contributed by atoms with Crippen molar-refractivity contribution in [2.24, 2.45) is 4.99 Å². The van der Waals surface area contributed by atoms with Crippen molar-refractivity contribution in [1.29, 1.82) is 0 Å². The van der Waals surface area contributed by atoms with Gasteiger partial charge in [-0.2, -0.15) is 0 Å². The Morgan fingerprint density at radius 2 is 1.91 bits per heavy atom. The third kappa shape index (κ3) is 7.16. The molecule has 174 valence electrons. The highest BCUT2D eigenvalue weighted by atomic mass is 127. The number of guanidine groups is 1. The second kappa shape index (κ2) is 12.7. The molecule has 0 atom stereocenters. The Kier molecular flexibility index (Phi) is 10.4. The number of carbonyl (C=O) groups excluding carboxylic acids is 1. The van der Waals surface area contributed by atoms with Crippen LogP contribution < -0.4 is 20.1 Å². The maximum Gasteiger partial charge on any atom is 0.253 e. The smallest absolute Gasteiger partial charge is 0.253 e. The zero-order chi connectivity index (χ0) is 22.2. The summed E-state index contributed by atoms with van der Waals surface area (Å²) in [5.74, 6) is 1.98. The largest absolute Gasteiger partial charge is 0.486 e. The second-order valence-electron chi connectivity index (χ2n) is 7.37. The van der Waals surface area contributed by atoms with Gasteiger partial charge in [-0.05, 0) is 48.7 Å². The van der Waals surface area contributed by atoms with E-state index in [9.17, 15) is 4.79 Å². The van der Waals surface area contributed by atoms with Crippen LogP contribution in [0.4, 0.5) is 0 Å². The van der Waals surface area contributed by atoms with Crippen molar-refractivity contribution in [1.82, 2.24) is 15.5 Å². The first kappa shape index (κ1) is 26.1. The molecule has 0 fully saturated rings. The summed E-state index contributed by atoms with van der Waals surface area (Å²) in [6.07, 6.45) is 0.773. The standard InChI is InChI=1S/C23H29ClN4O3.HI/c1-4-25-23(26-9-8-16-6-5-7-18(12-16)22(29)28(2)3)27-15-17-13-19(24)21-20(14-17)30-10-11-31-21;/h5-7,12-14H,4,8-11,15H2,1-3H3,(H2,25,26,27);1H. The molecule has 0 saturated carbocycles. The van der Waals surface area contributed by atoms with Gasteiger partial charge in [-0.1, -0.05) is 23.7 Å². The van der Waals surface area contributed by atoms with E-state index in [1.165, 1.54) is 0 Å². The minimum absolute atomic E-state index is 0. The molecule has 0 radical (unpaired) electrons. The number of carbonyl (C=O) groups is 1. The zero-order valence-electron chi connectivity index (χ0n) is 18.6. The van der Waals surface area contributed by atoms with Crippen LogP contribution in [0.2, 0.25) is 5.02 Å². The summed E-state index contributed by atoms with van der Waals surface area (Å²) >= 11 is 6.32. The fourth-order valence-electron chi connectivity index (χ4n) is 3.21. The van der Waals surface area contributed by atoms with Crippen molar-refractivity contribution in [3.05, 3.63) is 58.1 Å². The summed E-state index contributed by atoms with van der Waals surface area (Å²) in [6.45, 7) is 4.94. The molecule has 0 unspecified atom stereocenters. The first-order chi connectivity index (χ1) is 15.0. The first-order valence-electron chi connectivity index (χ1n) is 10.4. The zero-order valence-corrected chi connectivity index (χ0v) is 21.7. The molecule has 0 aromatic heterocycles. The molecule has 2 aromatic carbocycles. The summed E-state index contributed by atoms with van der Waals surface area (Å²) in [5.41, 5.74) is 2.73. The number of hydrogen-bond donors (Lipinski definition) is 2. The highest BCUT2D eigenvalue weighted by Crippen LogP contribution is 2.38. The Morgan fingerprint density at radius 3 is 2.66 bits per heavy atom. The second-order valence-corrected chi connectivity index (χ2v) is 7.78. The average Bonchev–Trinajstić information content (AvgIpc) is 2.77. The summed E-state index contributed by atoms with van der Waals surface area (Å²) in [6, 6.07) is 11.5. The number of fused-ring (bicyclic) bond motifs is 1. The molecule has 7 nitrogen and oxygen atoms in total. The predicted octanol–water partition coefficient (Wildman–Crippen LogP) is 3.73. The van der Waals surface area contributed by atoms with Gasteiger partial charge in [-0.25, -0.2) is 4.99 Å². The van der Waals surface area contributed by atoms with Gasteiger partial charge in [-0.3, -0.25) is 4.79 Å². The maximum atomic E-state index is 12.2. The van der Waals surface area contributed by atoms with Crippen LogP contribution in [-0.4, -0.2) is 57.2 Å². The molecule has 1 amide bonds. The minimum Gasteiger partial charge on any atom is -0.486 e. The Balaban J connectivity index is 0.00000363. The normalized spacial score (nSPS) is 12.6. The monoisotopic (exact) mass is 572 g/mol. The lowest BCUT2D eigenvalue weighted by atomic mass is 10.1. The van der Waals surface area contributed by atoms with E-state index in [1.54, 1.807) is 19.0 Å². The van der Waals surface area contributed by atoms with Crippen molar-refractivity contribution in [3.8, 4) is 11.5 Å². The van der Waals surface area contributed by atoms with Crippen LogP contribution in [0, 0.1) is 0 Å². The minimum atomic E-state index is 0. The van der Waals surface area contributed by atoms with E-state index in [0.29, 0.717) is 54.3 Å². The Labute approximate surface area is 211 Å². The van der Waals surface area contributed by atoms with Gasteiger partial charge in [0.15, 0.2) is 17.5 Å². The summed E-state index contributed by atoms with van der Waals surface area (Å²) in [5, 5.41) is 7.13. The van der Waals surface area contributed by atoms with E-state index in [-0.39, 0.29) is 29.9 Å². The van der Waals surface area contributed by atoms with Gasteiger partial charge in [0, 0.05) is 32.7 Å². The van der Waals surface area contributed by atoms with Crippen LogP contribution in [0.3, 0.4) is 0 Å². The molecular formula is C23H30ClIN4O3. The predicted molar refractivity (Wildman–Crippen MR) is 139 cm³/mol. The number of ether oxygens (including phenoxy) is 2. The van der Waals surface area contributed by atoms with Gasteiger partial charge in [0.25, 0.3) is 5.91 Å². The van der Waals surface area contributed by atoms with Crippen LogP contribution in [0.15, 0.2) is 41.4 Å². The average molecular weight is 573 g/mol. The van der Waals surface area contributed by atoms with Gasteiger partial charge >= 0.3 is 0 Å². The van der Waals surface area contributed by atoms with Crippen molar-refractivity contribution >= 4 is 47.4 Å². The van der Waals surface area contributed by atoms with Crippen LogP contribution in [0.1, 0.15) is 28.4 Å². The Morgan fingerprint density at radius 1 is 1.12 bits per heavy atom. The number of halogens is 2. The molecule has 0 aliphatic carbocycles. The number of nitrogens with one attached hydrogen (secondary N) is 2. The molecule has 32 heavy (non-hydrogen) atoms. The van der Waals surface area contributed by atoms with Crippen molar-refractivity contribution in [2.75, 3.05) is 40.4 Å². The van der Waals surface area contributed by atoms with Crippen molar-refractivity contribution in [2.45, 2.75) is 19.9 Å². The maximum absolute atomic E-state index is 12.2. The SMILES string of the molecule is CCNC(=NCc1cc(Cl)c2c(c1)OCCO2)NCCc1cccc(C(=O)N(C)C)c1.I. The van der Waals surface area contributed by atoms with Gasteiger partial charge in [0.05, 0.1) is 11.6 Å². The lowest BCUT2D eigenvalue weighted by molar-refractivity contribution is 0.0827. The quantitative estimate of drug-likeness (QED) is 0.301. The fourth-order valence-corrected chi connectivity index (χ4v) is 3.50. The topological polar surface area (TPSA) is 75.2 Å². The number of benzene rings is 2. The molecule has 2 aromatic rings. The molecular weight excluding hydrogens is 543 g/mol. The van der Waals surface area contributed by atoms with Gasteiger partial charge in [-0.15, -0.1) is 24.0 Å². The van der Waals surface area contributed by atoms with Crippen molar-refractivity contribution in [3.63, 3.8) is 0 Å². The van der Waals surface area contributed by atoms with E-state index in [1.807, 2.05) is 43.3 Å². The number of rotatable bonds is 7. The van der Waals surface area contributed by atoms with Gasteiger partial charge in [0.1, 0.15) is 13.2 Å². The Bertz CT molecular complexity index is 953. The molecule has 0 bridgehead atoms. The lowest BCUT2D eigenvalue weighted by Crippen LogP contribution is -2.38. The number of nitrogens with zero attached hydrogens (tertiary/aromatic N) is 2. The number of amides is 1. The van der Waals surface area contributed by atoms with E-state index >= 15 is 0 Å². The lowest BCUT2D eigenvalue weighted by Gasteiger charge is -2.20. The van der Waals surface area contributed by atoms with Crippen LogP contribution in [0.25, 0.3) is 0 Å². The summed E-state index contributed by atoms with van der Waals surface area (Å²) in [7, 11) is 3.51. The van der Waals surface area contributed by atoms with E-state index in [0.717, 1.165) is 24.1 Å². The van der Waals surface area contributed by atoms with Crippen LogP contribution in [0.5, 0.6) is 11.5 Å². The number of aliphatic imine (C=N–C) groups is 1. The summed E-state index contributed by atoms with van der Waals surface area (Å²) in [4.78, 5) is 18.4. The molecule has 1 aliphatic heterocycles. The van der Waals surface area contributed by atoms with Crippen molar-refractivity contribution < 1.29 is 14.3 Å². The molecule has 9 heteroatoms. The molecule has 2 N–H and O–H groups in total. The van der Waals surface area contributed by atoms with Gasteiger partial charge in [0.2, 0.25) is 0 Å². The van der Waals surface area contributed by atoms with Gasteiger partial charge < -0.3 is 25.0 Å². The Hall–Kier alpha value is -2.20. The molecule has 1 aliphatic rings. The molecule has 0 saturated heterocycles. The molecule has 1 heterocycles.